The van der Waals surface area contributed by atoms with Crippen molar-refractivity contribution in [2.24, 2.45) is 0 Å². The molecule has 1 aliphatic heterocycles. The maximum atomic E-state index is 13.8. The molecule has 31 heavy (non-hydrogen) atoms. The minimum absolute atomic E-state index is 0.187. The van der Waals surface area contributed by atoms with E-state index in [1.807, 2.05) is 13.8 Å². The van der Waals surface area contributed by atoms with Crippen molar-refractivity contribution >= 4 is 21.6 Å². The van der Waals surface area contributed by atoms with Gasteiger partial charge in [0.05, 0.1) is 16.6 Å². The monoisotopic (exact) mass is 455 g/mol. The molecule has 2 aromatic carbocycles. The fourth-order valence-corrected chi connectivity index (χ4v) is 4.89. The Balaban J connectivity index is 1.64. The van der Waals surface area contributed by atoms with E-state index in [2.05, 4.69) is 5.32 Å². The van der Waals surface area contributed by atoms with Crippen LogP contribution in [0.5, 0.6) is 0 Å². The number of rotatable bonds is 5. The molecule has 10 heteroatoms. The Bertz CT molecular complexity index is 1100. The quantitative estimate of drug-likeness (QED) is 0.704. The molecule has 0 saturated carbocycles. The van der Waals surface area contributed by atoms with Crippen LogP contribution in [0, 0.1) is 31.3 Å². The Labute approximate surface area is 179 Å². The lowest BCUT2D eigenvalue weighted by Gasteiger charge is -2.36. The minimum atomic E-state index is -3.65. The van der Waals surface area contributed by atoms with Gasteiger partial charge in [-0.15, -0.1) is 0 Å². The first-order valence-corrected chi connectivity index (χ1v) is 11.2. The zero-order valence-electron chi connectivity index (χ0n) is 17.5. The molecule has 1 N–H and O–H groups in total. The highest BCUT2D eigenvalue weighted by Crippen LogP contribution is 2.22. The van der Waals surface area contributed by atoms with E-state index < -0.39 is 45.1 Å². The molecule has 3 rings (SSSR count). The summed E-state index contributed by atoms with van der Waals surface area (Å²) in [4.78, 5) is 14.4. The van der Waals surface area contributed by atoms with Gasteiger partial charge in [-0.1, -0.05) is 6.07 Å². The number of amides is 1. The summed E-state index contributed by atoms with van der Waals surface area (Å²) >= 11 is 0. The number of carbonyl (C=O) groups is 1. The van der Waals surface area contributed by atoms with Crippen molar-refractivity contribution in [2.75, 3.05) is 31.5 Å². The second kappa shape index (κ2) is 8.97. The summed E-state index contributed by atoms with van der Waals surface area (Å²) in [5.74, 6) is -5.07. The van der Waals surface area contributed by atoms with Gasteiger partial charge in [-0.05, 0) is 56.2 Å². The number of nitrogens with one attached hydrogen (secondary N) is 1. The summed E-state index contributed by atoms with van der Waals surface area (Å²) in [6.07, 6.45) is 0. The summed E-state index contributed by atoms with van der Waals surface area (Å²) in [5, 5.41) is 2.26. The molecular formula is C21H24F3N3O3S. The summed E-state index contributed by atoms with van der Waals surface area (Å²) in [5.41, 5.74) is 1.43. The van der Waals surface area contributed by atoms with Crippen molar-refractivity contribution in [2.45, 2.75) is 31.7 Å². The topological polar surface area (TPSA) is 69.7 Å². The Hall–Kier alpha value is -2.43. The lowest BCUT2D eigenvalue weighted by molar-refractivity contribution is -0.121. The van der Waals surface area contributed by atoms with Crippen LogP contribution in [0.2, 0.25) is 0 Å². The molecule has 1 saturated heterocycles. The third-order valence-corrected chi connectivity index (χ3v) is 7.50. The zero-order chi connectivity index (χ0) is 22.9. The largest absolute Gasteiger partial charge is 0.322 e. The van der Waals surface area contributed by atoms with Gasteiger partial charge >= 0.3 is 0 Å². The molecule has 0 spiro atoms. The predicted octanol–water partition coefficient (Wildman–Crippen LogP) is 3.05. The number of halogens is 3. The molecule has 0 unspecified atom stereocenters. The van der Waals surface area contributed by atoms with E-state index >= 15 is 0 Å². The van der Waals surface area contributed by atoms with Crippen LogP contribution in [-0.2, 0) is 14.8 Å². The summed E-state index contributed by atoms with van der Waals surface area (Å²) in [6, 6.07) is 5.95. The second-order valence-corrected chi connectivity index (χ2v) is 9.51. The molecule has 6 nitrogen and oxygen atoms in total. The van der Waals surface area contributed by atoms with Gasteiger partial charge in [0.25, 0.3) is 0 Å². The summed E-state index contributed by atoms with van der Waals surface area (Å²) in [6.45, 7) is 6.29. The predicted molar refractivity (Wildman–Crippen MR) is 111 cm³/mol. The Morgan fingerprint density at radius 1 is 0.968 bits per heavy atom. The molecule has 0 radical (unpaired) electrons. The van der Waals surface area contributed by atoms with Crippen LogP contribution in [0.25, 0.3) is 0 Å². The summed E-state index contributed by atoms with van der Waals surface area (Å²) < 4.78 is 67.4. The van der Waals surface area contributed by atoms with Gasteiger partial charge in [-0.3, -0.25) is 9.69 Å². The van der Waals surface area contributed by atoms with Crippen LogP contribution in [-0.4, -0.2) is 55.8 Å². The third kappa shape index (κ3) is 4.76. The highest BCUT2D eigenvalue weighted by molar-refractivity contribution is 7.89. The average Bonchev–Trinajstić information content (AvgIpc) is 2.75. The van der Waals surface area contributed by atoms with Gasteiger partial charge in [0.15, 0.2) is 17.5 Å². The van der Waals surface area contributed by atoms with E-state index in [4.69, 9.17) is 0 Å². The first-order chi connectivity index (χ1) is 14.5. The normalized spacial score (nSPS) is 16.8. The molecule has 0 bridgehead atoms. The number of carbonyl (C=O) groups excluding carboxylic acids is 1. The number of aryl methyl sites for hydroxylation is 2. The molecule has 0 aliphatic carbocycles. The first kappa shape index (κ1) is 23.2. The number of piperazine rings is 1. The number of sulfonamides is 1. The maximum absolute atomic E-state index is 13.8. The van der Waals surface area contributed by atoms with Crippen LogP contribution >= 0.6 is 0 Å². The van der Waals surface area contributed by atoms with Gasteiger partial charge in [-0.2, -0.15) is 4.31 Å². The molecule has 0 aromatic heterocycles. The van der Waals surface area contributed by atoms with E-state index in [0.717, 1.165) is 23.3 Å². The van der Waals surface area contributed by atoms with E-state index in [1.165, 1.54) is 4.31 Å². The van der Waals surface area contributed by atoms with Crippen LogP contribution in [0.15, 0.2) is 35.2 Å². The van der Waals surface area contributed by atoms with Gasteiger partial charge in [-0.25, -0.2) is 21.6 Å². The molecule has 1 heterocycles. The smallest absolute Gasteiger partial charge is 0.243 e. The number of nitrogens with zero attached hydrogens (tertiary/aromatic N) is 2. The molecule has 1 amide bonds. The molecular weight excluding hydrogens is 431 g/mol. The minimum Gasteiger partial charge on any atom is -0.322 e. The first-order valence-electron chi connectivity index (χ1n) is 9.78. The van der Waals surface area contributed by atoms with E-state index in [1.54, 1.807) is 30.0 Å². The van der Waals surface area contributed by atoms with E-state index in [9.17, 15) is 26.4 Å². The maximum Gasteiger partial charge on any atom is 0.243 e. The van der Waals surface area contributed by atoms with Gasteiger partial charge < -0.3 is 5.32 Å². The van der Waals surface area contributed by atoms with Crippen molar-refractivity contribution in [1.29, 1.82) is 0 Å². The highest BCUT2D eigenvalue weighted by atomic mass is 32.2. The number of anilines is 1. The Kier molecular flexibility index (Phi) is 6.73. The van der Waals surface area contributed by atoms with Crippen LogP contribution in [0.3, 0.4) is 0 Å². The zero-order valence-corrected chi connectivity index (χ0v) is 18.3. The van der Waals surface area contributed by atoms with Crippen molar-refractivity contribution < 1.29 is 26.4 Å². The number of benzene rings is 2. The number of hydrogen-bond acceptors (Lipinski definition) is 4. The Morgan fingerprint density at radius 3 is 2.23 bits per heavy atom. The van der Waals surface area contributed by atoms with E-state index in [-0.39, 0.29) is 18.0 Å². The SMILES string of the molecule is Cc1ccc(S(=O)(=O)N2CCN([C@H](C)C(=O)Nc3ccc(F)c(F)c3F)CC2)cc1C. The van der Waals surface area contributed by atoms with Gasteiger partial charge in [0, 0.05) is 26.2 Å². The van der Waals surface area contributed by atoms with Gasteiger partial charge in [0.1, 0.15) is 0 Å². The van der Waals surface area contributed by atoms with Crippen LogP contribution in [0.4, 0.5) is 18.9 Å². The lowest BCUT2D eigenvalue weighted by atomic mass is 10.1. The van der Waals surface area contributed by atoms with Crippen LogP contribution in [0.1, 0.15) is 18.1 Å². The molecule has 168 valence electrons. The highest BCUT2D eigenvalue weighted by Gasteiger charge is 2.32. The van der Waals surface area contributed by atoms with Crippen molar-refractivity contribution in [3.05, 3.63) is 58.9 Å². The molecule has 1 fully saturated rings. The number of hydrogen-bond donors (Lipinski definition) is 1. The second-order valence-electron chi connectivity index (χ2n) is 7.57. The lowest BCUT2D eigenvalue weighted by Crippen LogP contribution is -2.53. The van der Waals surface area contributed by atoms with Crippen molar-refractivity contribution in [3.8, 4) is 0 Å². The standard InChI is InChI=1S/C21H24F3N3O3S/c1-13-4-5-16(12-14(13)2)31(29,30)27-10-8-26(9-11-27)15(3)21(28)25-18-7-6-17(22)19(23)20(18)24/h4-7,12,15H,8-11H2,1-3H3,(H,25,28)/t15-/m1/s1. The van der Waals surface area contributed by atoms with Crippen molar-refractivity contribution in [3.63, 3.8) is 0 Å². The van der Waals surface area contributed by atoms with Crippen LogP contribution < -0.4 is 5.32 Å². The molecule has 2 aromatic rings. The van der Waals surface area contributed by atoms with Gasteiger partial charge in [0.2, 0.25) is 15.9 Å². The van der Waals surface area contributed by atoms with E-state index in [0.29, 0.717) is 13.1 Å². The fraction of sp³-hybridized carbons (Fsp3) is 0.381. The van der Waals surface area contributed by atoms with Crippen molar-refractivity contribution in [1.82, 2.24) is 9.21 Å². The summed E-state index contributed by atoms with van der Waals surface area (Å²) in [7, 11) is -3.65. The average molecular weight is 456 g/mol. The third-order valence-electron chi connectivity index (χ3n) is 5.61. The molecule has 1 atom stereocenters. The molecule has 1 aliphatic rings. The fourth-order valence-electron chi connectivity index (χ4n) is 3.38. The Morgan fingerprint density at radius 2 is 1.61 bits per heavy atom.